The van der Waals surface area contributed by atoms with Gasteiger partial charge in [0.1, 0.15) is 0 Å². The van der Waals surface area contributed by atoms with Crippen molar-refractivity contribution in [1.29, 1.82) is 0 Å². The van der Waals surface area contributed by atoms with E-state index in [9.17, 15) is 4.79 Å². The van der Waals surface area contributed by atoms with Gasteiger partial charge >= 0.3 is 0 Å². The number of hydrogen-bond donors (Lipinski definition) is 0. The molecule has 2 aromatic carbocycles. The lowest BCUT2D eigenvalue weighted by atomic mass is 9.66. The molecule has 144 valence electrons. The monoisotopic (exact) mass is 362 g/mol. The Labute approximate surface area is 165 Å². The van der Waals surface area contributed by atoms with Gasteiger partial charge in [0.15, 0.2) is 5.78 Å². The molecule has 3 rings (SSSR count). The van der Waals surface area contributed by atoms with Crippen molar-refractivity contribution in [2.75, 3.05) is 0 Å². The lowest BCUT2D eigenvalue weighted by Gasteiger charge is -2.38. The first kappa shape index (κ1) is 19.9. The molecule has 0 atom stereocenters. The number of benzene rings is 2. The van der Waals surface area contributed by atoms with Gasteiger partial charge in [-0.15, -0.1) is 0 Å². The number of rotatable bonds is 8. The summed E-state index contributed by atoms with van der Waals surface area (Å²) < 4.78 is 0. The average molecular weight is 363 g/mol. The van der Waals surface area contributed by atoms with Crippen molar-refractivity contribution in [3.05, 3.63) is 59.7 Å². The van der Waals surface area contributed by atoms with E-state index in [1.54, 1.807) is 12.5 Å². The Kier molecular flexibility index (Phi) is 6.88. The highest BCUT2D eigenvalue weighted by molar-refractivity contribution is 5.94. The molecule has 0 heterocycles. The van der Waals surface area contributed by atoms with Crippen LogP contribution < -0.4 is 0 Å². The molecule has 0 aromatic heterocycles. The first-order valence-corrected chi connectivity index (χ1v) is 10.9. The van der Waals surface area contributed by atoms with Crippen molar-refractivity contribution in [2.45, 2.75) is 83.5 Å². The molecule has 0 amide bonds. The van der Waals surface area contributed by atoms with Crippen LogP contribution in [0.15, 0.2) is 48.5 Å². The molecular formula is C26H34O. The van der Waals surface area contributed by atoms with E-state index in [0.29, 0.717) is 5.41 Å². The van der Waals surface area contributed by atoms with Gasteiger partial charge < -0.3 is 0 Å². The predicted molar refractivity (Wildman–Crippen MR) is 115 cm³/mol. The normalized spacial score (nSPS) is 16.2. The van der Waals surface area contributed by atoms with Crippen LogP contribution in [0.3, 0.4) is 0 Å². The summed E-state index contributed by atoms with van der Waals surface area (Å²) in [6, 6.07) is 17.3. The van der Waals surface area contributed by atoms with Gasteiger partial charge in [-0.25, -0.2) is 0 Å². The maximum Gasteiger partial charge on any atom is 0.159 e. The maximum atomic E-state index is 11.5. The van der Waals surface area contributed by atoms with Gasteiger partial charge in [0.05, 0.1) is 0 Å². The first-order chi connectivity index (χ1) is 13.1. The van der Waals surface area contributed by atoms with E-state index in [-0.39, 0.29) is 5.78 Å². The summed E-state index contributed by atoms with van der Waals surface area (Å²) in [4.78, 5) is 11.5. The summed E-state index contributed by atoms with van der Waals surface area (Å²) in [5.41, 5.74) is 5.16. The molecule has 0 unspecified atom stereocenters. The molecule has 0 N–H and O–H groups in total. The van der Waals surface area contributed by atoms with Gasteiger partial charge in [-0.05, 0) is 48.3 Å². The van der Waals surface area contributed by atoms with Crippen LogP contribution in [0, 0.1) is 0 Å². The molecule has 1 heteroatoms. The van der Waals surface area contributed by atoms with Gasteiger partial charge in [0, 0.05) is 5.56 Å². The van der Waals surface area contributed by atoms with E-state index in [2.05, 4.69) is 43.3 Å². The zero-order valence-corrected chi connectivity index (χ0v) is 17.1. The van der Waals surface area contributed by atoms with E-state index >= 15 is 0 Å². The highest BCUT2D eigenvalue weighted by atomic mass is 16.1. The number of carbonyl (C=O) groups is 1. The van der Waals surface area contributed by atoms with E-state index in [1.165, 1.54) is 75.3 Å². The van der Waals surface area contributed by atoms with Crippen LogP contribution in [0.2, 0.25) is 0 Å². The fourth-order valence-electron chi connectivity index (χ4n) is 4.72. The minimum absolute atomic E-state index is 0.124. The lowest BCUT2D eigenvalue weighted by molar-refractivity contribution is 0.101. The number of unbranched alkanes of at least 4 members (excludes halogenated alkanes) is 3. The van der Waals surface area contributed by atoms with Crippen molar-refractivity contribution < 1.29 is 4.79 Å². The molecule has 1 fully saturated rings. The van der Waals surface area contributed by atoms with E-state index < -0.39 is 0 Å². The van der Waals surface area contributed by atoms with Crippen LogP contribution in [0.4, 0.5) is 0 Å². The van der Waals surface area contributed by atoms with Gasteiger partial charge in [-0.2, -0.15) is 0 Å². The summed E-state index contributed by atoms with van der Waals surface area (Å²) >= 11 is 0. The van der Waals surface area contributed by atoms with Crippen LogP contribution in [-0.2, 0) is 5.41 Å². The second-order valence-corrected chi connectivity index (χ2v) is 8.36. The smallest absolute Gasteiger partial charge is 0.159 e. The number of ketones is 1. The summed E-state index contributed by atoms with van der Waals surface area (Å²) in [5.74, 6) is 0.124. The zero-order chi connectivity index (χ0) is 19.1. The molecule has 1 aliphatic rings. The zero-order valence-electron chi connectivity index (χ0n) is 17.1. The van der Waals surface area contributed by atoms with E-state index in [4.69, 9.17) is 0 Å². The Hall–Kier alpha value is -1.89. The third-order valence-electron chi connectivity index (χ3n) is 6.44. The number of carbonyl (C=O) groups excluding carboxylic acids is 1. The largest absolute Gasteiger partial charge is 0.295 e. The van der Waals surface area contributed by atoms with Gasteiger partial charge in [-0.1, -0.05) is 100 Å². The van der Waals surface area contributed by atoms with E-state index in [1.807, 2.05) is 12.1 Å². The SMILES string of the molecule is CCCCCCC1(c2ccc(-c3ccc(C(C)=O)cc3)cc2)CCCCC1. The third-order valence-corrected chi connectivity index (χ3v) is 6.44. The quantitative estimate of drug-likeness (QED) is 0.347. The Bertz CT molecular complexity index is 718. The Morgan fingerprint density at radius 2 is 1.41 bits per heavy atom. The average Bonchev–Trinajstić information content (AvgIpc) is 2.72. The molecule has 0 aliphatic heterocycles. The van der Waals surface area contributed by atoms with Crippen molar-refractivity contribution in [1.82, 2.24) is 0 Å². The van der Waals surface area contributed by atoms with Gasteiger partial charge in [0.2, 0.25) is 0 Å². The number of hydrogen-bond acceptors (Lipinski definition) is 1. The summed E-state index contributed by atoms with van der Waals surface area (Å²) in [5, 5.41) is 0. The second kappa shape index (κ2) is 9.35. The maximum absolute atomic E-state index is 11.5. The molecule has 0 spiro atoms. The van der Waals surface area contributed by atoms with Crippen LogP contribution in [-0.4, -0.2) is 5.78 Å². The number of Topliss-reactive ketones (excluding diaryl/α,β-unsaturated/α-hetero) is 1. The lowest BCUT2D eigenvalue weighted by Crippen LogP contribution is -2.29. The minimum Gasteiger partial charge on any atom is -0.295 e. The van der Waals surface area contributed by atoms with Crippen LogP contribution in [0.1, 0.15) is 94.0 Å². The van der Waals surface area contributed by atoms with Crippen molar-refractivity contribution in [2.24, 2.45) is 0 Å². The summed E-state index contributed by atoms with van der Waals surface area (Å²) in [6.45, 7) is 3.91. The molecule has 1 nitrogen and oxygen atoms in total. The Morgan fingerprint density at radius 1 is 0.815 bits per heavy atom. The molecule has 2 aromatic rings. The summed E-state index contributed by atoms with van der Waals surface area (Å²) in [6.07, 6.45) is 13.6. The molecule has 27 heavy (non-hydrogen) atoms. The fourth-order valence-corrected chi connectivity index (χ4v) is 4.72. The molecule has 0 bridgehead atoms. The highest BCUT2D eigenvalue weighted by Crippen LogP contribution is 2.43. The predicted octanol–water partition coefficient (Wildman–Crippen LogP) is 7.73. The van der Waals surface area contributed by atoms with Crippen LogP contribution in [0.5, 0.6) is 0 Å². The second-order valence-electron chi connectivity index (χ2n) is 8.36. The first-order valence-electron chi connectivity index (χ1n) is 10.9. The van der Waals surface area contributed by atoms with Crippen molar-refractivity contribution in [3.63, 3.8) is 0 Å². The topological polar surface area (TPSA) is 17.1 Å². The van der Waals surface area contributed by atoms with Crippen LogP contribution >= 0.6 is 0 Å². The molecular weight excluding hydrogens is 328 g/mol. The molecule has 0 saturated heterocycles. The van der Waals surface area contributed by atoms with E-state index in [0.717, 1.165) is 5.56 Å². The standard InChI is InChI=1S/C26H34O/c1-3-4-5-7-18-26(19-8-6-9-20-26)25-16-14-24(15-17-25)23-12-10-22(11-13-23)21(2)27/h10-17H,3-9,18-20H2,1-2H3. The van der Waals surface area contributed by atoms with Crippen molar-refractivity contribution in [3.8, 4) is 11.1 Å². The Morgan fingerprint density at radius 3 is 1.96 bits per heavy atom. The third kappa shape index (κ3) is 4.89. The van der Waals surface area contributed by atoms with Crippen LogP contribution in [0.25, 0.3) is 11.1 Å². The molecule has 1 aliphatic carbocycles. The Balaban J connectivity index is 1.77. The fraction of sp³-hybridized carbons (Fsp3) is 0.500. The highest BCUT2D eigenvalue weighted by Gasteiger charge is 2.33. The van der Waals surface area contributed by atoms with Gasteiger partial charge in [0.25, 0.3) is 0 Å². The molecule has 1 saturated carbocycles. The van der Waals surface area contributed by atoms with Crippen molar-refractivity contribution >= 4 is 5.78 Å². The summed E-state index contributed by atoms with van der Waals surface area (Å²) in [7, 11) is 0. The van der Waals surface area contributed by atoms with Gasteiger partial charge in [-0.3, -0.25) is 4.79 Å². The minimum atomic E-state index is 0.124. The molecule has 0 radical (unpaired) electrons.